The topological polar surface area (TPSA) is 27.4 Å². The van der Waals surface area contributed by atoms with Gasteiger partial charge < -0.3 is 13.6 Å². The van der Waals surface area contributed by atoms with Gasteiger partial charge in [0.05, 0.1) is 28.6 Å². The molecule has 12 rings (SSSR count). The van der Waals surface area contributed by atoms with Crippen molar-refractivity contribution in [1.29, 1.82) is 0 Å². The molecular weight excluding hydrogens is 679 g/mol. The van der Waals surface area contributed by atoms with E-state index in [1.165, 1.54) is 53.2 Å². The maximum atomic E-state index is 7.58. The van der Waals surface area contributed by atoms with E-state index in [4.69, 9.17) is 11.0 Å². The molecule has 0 amide bonds. The molecular formula is C49H27N3OS. The number of thiophene rings is 1. The summed E-state index contributed by atoms with van der Waals surface area (Å²) in [4.78, 5) is 3.70. The molecule has 0 aliphatic heterocycles. The number of nitrogens with zero attached hydrogens (tertiary/aromatic N) is 3. The van der Waals surface area contributed by atoms with E-state index in [0.29, 0.717) is 5.69 Å². The molecule has 4 heterocycles. The minimum Gasteiger partial charge on any atom is -0.456 e. The molecule has 0 fully saturated rings. The summed E-state index contributed by atoms with van der Waals surface area (Å²) in [7, 11) is 0. The van der Waals surface area contributed by atoms with Crippen LogP contribution < -0.4 is 0 Å². The van der Waals surface area contributed by atoms with Crippen molar-refractivity contribution >= 4 is 103 Å². The highest BCUT2D eigenvalue weighted by Gasteiger charge is 2.17. The highest BCUT2D eigenvalue weighted by atomic mass is 32.1. The number of rotatable bonds is 3. The third kappa shape index (κ3) is 4.11. The number of benzene rings is 8. The summed E-state index contributed by atoms with van der Waals surface area (Å²) >= 11 is 1.85. The number of hydrogen-bond donors (Lipinski definition) is 0. The molecule has 0 saturated carbocycles. The first-order valence-electron chi connectivity index (χ1n) is 18.0. The van der Waals surface area contributed by atoms with E-state index in [1.807, 2.05) is 23.5 Å². The Balaban J connectivity index is 1.01. The summed E-state index contributed by atoms with van der Waals surface area (Å²) in [5.74, 6) is 0. The van der Waals surface area contributed by atoms with Crippen molar-refractivity contribution in [3.8, 4) is 22.5 Å². The number of furan rings is 1. The summed E-state index contributed by atoms with van der Waals surface area (Å²) in [5, 5.41) is 9.45. The van der Waals surface area contributed by atoms with Gasteiger partial charge in [-0.15, -0.1) is 11.3 Å². The Kier molecular flexibility index (Phi) is 5.97. The van der Waals surface area contributed by atoms with Crippen LogP contribution in [0.5, 0.6) is 0 Å². The molecule has 0 aliphatic rings. The van der Waals surface area contributed by atoms with Crippen molar-refractivity contribution in [3.63, 3.8) is 0 Å². The Labute approximate surface area is 312 Å². The SMILES string of the molecule is [C-]#[N+]c1ccc2c(c1)c1ccccc1n2-c1ccc2oc3ccc(-c4ccc5sc6ccc(-n7c8ccccc8c8ccccc87)cc6c5c4)cc3c2c1. The Hall–Kier alpha value is -7.13. The summed E-state index contributed by atoms with van der Waals surface area (Å²) < 4.78 is 13.7. The average Bonchev–Trinajstić information content (AvgIpc) is 3.97. The fourth-order valence-corrected chi connectivity index (χ4v) is 9.74. The van der Waals surface area contributed by atoms with Crippen LogP contribution in [0.4, 0.5) is 5.69 Å². The fraction of sp³-hybridized carbons (Fsp3) is 0. The molecule has 4 aromatic heterocycles. The first-order valence-corrected chi connectivity index (χ1v) is 18.8. The molecule has 5 heteroatoms. The minimum atomic E-state index is 0.645. The summed E-state index contributed by atoms with van der Waals surface area (Å²) in [5.41, 5.74) is 11.6. The summed E-state index contributed by atoms with van der Waals surface area (Å²) in [6.45, 7) is 7.58. The maximum absolute atomic E-state index is 7.58. The molecule has 0 radical (unpaired) electrons. The van der Waals surface area contributed by atoms with E-state index in [-0.39, 0.29) is 0 Å². The molecule has 0 bridgehead atoms. The molecule has 250 valence electrons. The molecule has 0 atom stereocenters. The van der Waals surface area contributed by atoms with Crippen LogP contribution in [0.15, 0.2) is 168 Å². The standard InChI is InChI=1S/C49H27N3OS/c1-50-31-16-19-45-37(26-31)36-10-4-7-13-44(36)52(45)32-17-21-47-39(27-32)38-24-29(14-20-46(38)53-47)30-15-22-48-40(25-30)41-28-33(18-23-49(41)54-48)51-42-11-5-2-8-34(42)35-9-3-6-12-43(35)51/h2-28H. The van der Waals surface area contributed by atoms with Gasteiger partial charge in [-0.2, -0.15) is 0 Å². The van der Waals surface area contributed by atoms with E-state index in [2.05, 4.69) is 166 Å². The van der Waals surface area contributed by atoms with Crippen LogP contribution in [-0.2, 0) is 0 Å². The largest absolute Gasteiger partial charge is 0.456 e. The van der Waals surface area contributed by atoms with E-state index in [9.17, 15) is 0 Å². The van der Waals surface area contributed by atoms with Crippen LogP contribution in [0.25, 0.3) is 113 Å². The van der Waals surface area contributed by atoms with Crippen LogP contribution in [-0.4, -0.2) is 9.13 Å². The molecule has 0 saturated heterocycles. The van der Waals surface area contributed by atoms with Crippen LogP contribution in [0.3, 0.4) is 0 Å². The number of aromatic nitrogens is 2. The van der Waals surface area contributed by atoms with Crippen molar-refractivity contribution in [3.05, 3.63) is 175 Å². The van der Waals surface area contributed by atoms with Gasteiger partial charge in [0.15, 0.2) is 5.69 Å². The van der Waals surface area contributed by atoms with E-state index < -0.39 is 0 Å². The summed E-state index contributed by atoms with van der Waals surface area (Å²) in [6.07, 6.45) is 0. The number of fused-ring (bicyclic) bond motifs is 12. The fourth-order valence-electron chi connectivity index (χ4n) is 8.68. The van der Waals surface area contributed by atoms with Crippen LogP contribution in [0.1, 0.15) is 0 Å². The van der Waals surface area contributed by atoms with Gasteiger partial charge in [-0.3, -0.25) is 0 Å². The molecule has 0 spiro atoms. The van der Waals surface area contributed by atoms with Crippen molar-refractivity contribution in [1.82, 2.24) is 9.13 Å². The highest BCUT2D eigenvalue weighted by Crippen LogP contribution is 2.41. The number of para-hydroxylation sites is 3. The third-order valence-electron chi connectivity index (χ3n) is 11.1. The Bertz CT molecular complexity index is 3530. The van der Waals surface area contributed by atoms with Gasteiger partial charge in [-0.1, -0.05) is 72.8 Å². The van der Waals surface area contributed by atoms with Crippen molar-refractivity contribution in [2.75, 3.05) is 0 Å². The lowest BCUT2D eigenvalue weighted by Crippen LogP contribution is -1.93. The molecule has 0 unspecified atom stereocenters. The molecule has 8 aromatic carbocycles. The second-order valence-corrected chi connectivity index (χ2v) is 15.1. The zero-order valence-electron chi connectivity index (χ0n) is 28.7. The predicted octanol–water partition coefficient (Wildman–Crippen LogP) is 14.4. The second-order valence-electron chi connectivity index (χ2n) is 14.0. The van der Waals surface area contributed by atoms with Crippen LogP contribution in [0.2, 0.25) is 0 Å². The normalized spacial score (nSPS) is 12.1. The van der Waals surface area contributed by atoms with Gasteiger partial charge in [-0.05, 0) is 108 Å². The lowest BCUT2D eigenvalue weighted by molar-refractivity contribution is 0.669. The van der Waals surface area contributed by atoms with E-state index in [0.717, 1.165) is 55.0 Å². The minimum absolute atomic E-state index is 0.645. The molecule has 12 aromatic rings. The molecule has 4 nitrogen and oxygen atoms in total. The lowest BCUT2D eigenvalue weighted by Gasteiger charge is -2.08. The average molecular weight is 706 g/mol. The smallest absolute Gasteiger partial charge is 0.188 e. The summed E-state index contributed by atoms with van der Waals surface area (Å²) in [6, 6.07) is 58.5. The lowest BCUT2D eigenvalue weighted by atomic mass is 10.0. The van der Waals surface area contributed by atoms with Gasteiger partial charge in [0.1, 0.15) is 11.2 Å². The molecule has 0 N–H and O–H groups in total. The van der Waals surface area contributed by atoms with Gasteiger partial charge in [0.25, 0.3) is 0 Å². The van der Waals surface area contributed by atoms with Crippen LogP contribution >= 0.6 is 11.3 Å². The van der Waals surface area contributed by atoms with Crippen molar-refractivity contribution in [2.24, 2.45) is 0 Å². The van der Waals surface area contributed by atoms with Gasteiger partial charge in [0, 0.05) is 58.5 Å². The quantitative estimate of drug-likeness (QED) is 0.168. The van der Waals surface area contributed by atoms with Gasteiger partial charge in [0.2, 0.25) is 0 Å². The monoisotopic (exact) mass is 705 g/mol. The van der Waals surface area contributed by atoms with E-state index >= 15 is 0 Å². The zero-order chi connectivity index (χ0) is 35.5. The zero-order valence-corrected chi connectivity index (χ0v) is 29.6. The Morgan fingerprint density at radius 3 is 1.56 bits per heavy atom. The first kappa shape index (κ1) is 29.4. The van der Waals surface area contributed by atoms with Gasteiger partial charge in [-0.25, -0.2) is 4.85 Å². The first-order chi connectivity index (χ1) is 26.7. The molecule has 0 aliphatic carbocycles. The Morgan fingerprint density at radius 1 is 0.407 bits per heavy atom. The van der Waals surface area contributed by atoms with Crippen molar-refractivity contribution < 1.29 is 4.42 Å². The third-order valence-corrected chi connectivity index (χ3v) is 12.3. The van der Waals surface area contributed by atoms with Crippen LogP contribution in [0, 0.1) is 6.57 Å². The number of hydrogen-bond acceptors (Lipinski definition) is 2. The maximum Gasteiger partial charge on any atom is 0.188 e. The van der Waals surface area contributed by atoms with E-state index in [1.54, 1.807) is 0 Å². The predicted molar refractivity (Wildman–Crippen MR) is 227 cm³/mol. The van der Waals surface area contributed by atoms with Gasteiger partial charge >= 0.3 is 0 Å². The Morgan fingerprint density at radius 2 is 0.889 bits per heavy atom. The highest BCUT2D eigenvalue weighted by molar-refractivity contribution is 7.25. The second kappa shape index (κ2) is 10.9. The molecule has 54 heavy (non-hydrogen) atoms. The van der Waals surface area contributed by atoms with Crippen molar-refractivity contribution in [2.45, 2.75) is 0 Å².